The van der Waals surface area contributed by atoms with Crippen molar-refractivity contribution >= 4 is 17.6 Å². The van der Waals surface area contributed by atoms with E-state index >= 15 is 0 Å². The van der Waals surface area contributed by atoms with Crippen molar-refractivity contribution in [3.8, 4) is 0 Å². The molecule has 3 heterocycles. The Labute approximate surface area is 171 Å². The second kappa shape index (κ2) is 9.11. The van der Waals surface area contributed by atoms with Gasteiger partial charge in [0.25, 0.3) is 0 Å². The quantitative estimate of drug-likeness (QED) is 0.840. The maximum absolute atomic E-state index is 12.9. The molecule has 2 aromatic rings. The van der Waals surface area contributed by atoms with Crippen LogP contribution in [0, 0.1) is 11.8 Å². The van der Waals surface area contributed by atoms with Gasteiger partial charge < -0.3 is 19.5 Å². The van der Waals surface area contributed by atoms with E-state index in [4.69, 9.17) is 4.42 Å². The lowest BCUT2D eigenvalue weighted by atomic mass is 9.81. The summed E-state index contributed by atoms with van der Waals surface area (Å²) < 4.78 is 5.25. The Morgan fingerprint density at radius 3 is 2.41 bits per heavy atom. The molecule has 1 saturated carbocycles. The first-order valence-electron chi connectivity index (χ1n) is 10.5. The van der Waals surface area contributed by atoms with Gasteiger partial charge in [-0.2, -0.15) is 0 Å². The van der Waals surface area contributed by atoms with Gasteiger partial charge in [-0.3, -0.25) is 9.59 Å². The zero-order valence-electron chi connectivity index (χ0n) is 16.6. The first-order chi connectivity index (χ1) is 14.2. The second-order valence-electron chi connectivity index (χ2n) is 7.85. The third kappa shape index (κ3) is 4.78. The molecule has 1 aliphatic heterocycles. The van der Waals surface area contributed by atoms with Crippen LogP contribution in [0.4, 0.5) is 5.82 Å². The molecule has 154 valence electrons. The van der Waals surface area contributed by atoms with E-state index < -0.39 is 0 Å². The second-order valence-corrected chi connectivity index (χ2v) is 7.85. The Morgan fingerprint density at radius 2 is 1.76 bits per heavy atom. The van der Waals surface area contributed by atoms with Gasteiger partial charge in [-0.1, -0.05) is 6.07 Å². The molecule has 0 bridgehead atoms. The first kappa shape index (κ1) is 19.5. The zero-order valence-corrected chi connectivity index (χ0v) is 16.6. The highest BCUT2D eigenvalue weighted by Gasteiger charge is 2.33. The fourth-order valence-corrected chi connectivity index (χ4v) is 4.29. The molecule has 1 saturated heterocycles. The maximum Gasteiger partial charge on any atom is 0.225 e. The number of aromatic nitrogens is 1. The molecule has 1 N–H and O–H groups in total. The standard InChI is InChI=1S/C22H28N4O3/c27-21(24-16-19-4-3-15-29-19)17-6-8-18(9-7-17)22(28)26-13-11-25(12-14-26)20-5-1-2-10-23-20/h1-5,10,15,17-18H,6-9,11-14,16H2,(H,24,27). The number of carbonyl (C=O) groups excluding carboxylic acids is 2. The van der Waals surface area contributed by atoms with Crippen LogP contribution in [0.1, 0.15) is 31.4 Å². The summed E-state index contributed by atoms with van der Waals surface area (Å²) >= 11 is 0. The molecule has 4 rings (SSSR count). The number of nitrogens with one attached hydrogen (secondary N) is 1. The first-order valence-corrected chi connectivity index (χ1v) is 10.5. The van der Waals surface area contributed by atoms with Crippen LogP contribution in [0.2, 0.25) is 0 Å². The molecule has 2 aliphatic rings. The molecule has 0 radical (unpaired) electrons. The van der Waals surface area contributed by atoms with Gasteiger partial charge in [0.1, 0.15) is 11.6 Å². The monoisotopic (exact) mass is 396 g/mol. The van der Waals surface area contributed by atoms with Gasteiger partial charge in [0, 0.05) is 44.2 Å². The Bertz CT molecular complexity index is 793. The lowest BCUT2D eigenvalue weighted by Crippen LogP contribution is -2.51. The van der Waals surface area contributed by atoms with Crippen molar-refractivity contribution in [1.29, 1.82) is 0 Å². The smallest absolute Gasteiger partial charge is 0.225 e. The van der Waals surface area contributed by atoms with Crippen molar-refractivity contribution in [3.63, 3.8) is 0 Å². The topological polar surface area (TPSA) is 78.7 Å². The highest BCUT2D eigenvalue weighted by atomic mass is 16.3. The van der Waals surface area contributed by atoms with Crippen LogP contribution < -0.4 is 10.2 Å². The van der Waals surface area contributed by atoms with Crippen molar-refractivity contribution in [2.45, 2.75) is 32.2 Å². The number of anilines is 1. The molecule has 29 heavy (non-hydrogen) atoms. The van der Waals surface area contributed by atoms with Gasteiger partial charge >= 0.3 is 0 Å². The summed E-state index contributed by atoms with van der Waals surface area (Å²) in [5.74, 6) is 2.09. The van der Waals surface area contributed by atoms with Crippen LogP contribution in [0.15, 0.2) is 47.2 Å². The molecule has 2 aromatic heterocycles. The Hall–Kier alpha value is -2.83. The Kier molecular flexibility index (Phi) is 6.12. The lowest BCUT2D eigenvalue weighted by Gasteiger charge is -2.38. The summed E-state index contributed by atoms with van der Waals surface area (Å²) in [5, 5.41) is 2.94. The predicted octanol–water partition coefficient (Wildman–Crippen LogP) is 2.45. The number of piperazine rings is 1. The average Bonchev–Trinajstić information content (AvgIpc) is 3.31. The minimum Gasteiger partial charge on any atom is -0.467 e. The van der Waals surface area contributed by atoms with E-state index in [0.29, 0.717) is 6.54 Å². The molecule has 0 spiro atoms. The summed E-state index contributed by atoms with van der Waals surface area (Å²) in [6, 6.07) is 9.58. The Balaban J connectivity index is 1.21. The van der Waals surface area contributed by atoms with Crippen molar-refractivity contribution in [1.82, 2.24) is 15.2 Å². The molecule has 2 amide bonds. The highest BCUT2D eigenvalue weighted by Crippen LogP contribution is 2.30. The number of hydrogen-bond donors (Lipinski definition) is 1. The highest BCUT2D eigenvalue weighted by molar-refractivity contribution is 5.81. The van der Waals surface area contributed by atoms with Gasteiger partial charge in [0.2, 0.25) is 11.8 Å². The largest absolute Gasteiger partial charge is 0.467 e. The number of furan rings is 1. The van der Waals surface area contributed by atoms with E-state index in [1.807, 2.05) is 35.2 Å². The van der Waals surface area contributed by atoms with E-state index in [-0.39, 0.29) is 23.7 Å². The minimum absolute atomic E-state index is 0.00462. The number of carbonyl (C=O) groups is 2. The van der Waals surface area contributed by atoms with Crippen LogP contribution in [0.5, 0.6) is 0 Å². The van der Waals surface area contributed by atoms with Crippen LogP contribution in [-0.2, 0) is 16.1 Å². The van der Waals surface area contributed by atoms with Crippen molar-refractivity contribution in [2.75, 3.05) is 31.1 Å². The molecule has 0 unspecified atom stereocenters. The summed E-state index contributed by atoms with van der Waals surface area (Å²) in [5.41, 5.74) is 0. The number of rotatable bonds is 5. The zero-order chi connectivity index (χ0) is 20.1. The number of hydrogen-bond acceptors (Lipinski definition) is 5. The Morgan fingerprint density at radius 1 is 1.00 bits per heavy atom. The van der Waals surface area contributed by atoms with Gasteiger partial charge in [0.15, 0.2) is 0 Å². The van der Waals surface area contributed by atoms with Crippen LogP contribution in [0.3, 0.4) is 0 Å². The van der Waals surface area contributed by atoms with Gasteiger partial charge in [-0.05, 0) is 49.9 Å². The van der Waals surface area contributed by atoms with Crippen LogP contribution in [0.25, 0.3) is 0 Å². The number of amides is 2. The molecule has 7 nitrogen and oxygen atoms in total. The molecular weight excluding hydrogens is 368 g/mol. The van der Waals surface area contributed by atoms with E-state index in [2.05, 4.69) is 15.2 Å². The third-order valence-electron chi connectivity index (χ3n) is 6.03. The molecule has 0 aromatic carbocycles. The predicted molar refractivity (Wildman–Crippen MR) is 109 cm³/mol. The van der Waals surface area contributed by atoms with E-state index in [0.717, 1.165) is 63.4 Å². The van der Waals surface area contributed by atoms with Crippen molar-refractivity contribution in [2.24, 2.45) is 11.8 Å². The fraction of sp³-hybridized carbons (Fsp3) is 0.500. The molecule has 7 heteroatoms. The number of nitrogens with zero attached hydrogens (tertiary/aromatic N) is 3. The third-order valence-corrected chi connectivity index (χ3v) is 6.03. The maximum atomic E-state index is 12.9. The molecule has 0 atom stereocenters. The van der Waals surface area contributed by atoms with Crippen LogP contribution >= 0.6 is 0 Å². The SMILES string of the molecule is O=C(NCc1ccco1)C1CCC(C(=O)N2CCN(c3ccccn3)CC2)CC1. The van der Waals surface area contributed by atoms with Crippen molar-refractivity contribution in [3.05, 3.63) is 48.6 Å². The van der Waals surface area contributed by atoms with Gasteiger partial charge in [-0.15, -0.1) is 0 Å². The fourth-order valence-electron chi connectivity index (χ4n) is 4.29. The van der Waals surface area contributed by atoms with Gasteiger partial charge in [-0.25, -0.2) is 4.98 Å². The average molecular weight is 396 g/mol. The molecule has 1 aliphatic carbocycles. The van der Waals surface area contributed by atoms with Gasteiger partial charge in [0.05, 0.1) is 12.8 Å². The molecular formula is C22H28N4O3. The number of pyridine rings is 1. The lowest BCUT2D eigenvalue weighted by molar-refractivity contribution is -0.138. The van der Waals surface area contributed by atoms with Crippen molar-refractivity contribution < 1.29 is 14.0 Å². The summed E-state index contributed by atoms with van der Waals surface area (Å²) in [6.45, 7) is 3.52. The summed E-state index contributed by atoms with van der Waals surface area (Å²) in [7, 11) is 0. The summed E-state index contributed by atoms with van der Waals surface area (Å²) in [4.78, 5) is 33.9. The van der Waals surface area contributed by atoms with E-state index in [1.165, 1.54) is 0 Å². The van der Waals surface area contributed by atoms with E-state index in [1.54, 1.807) is 12.5 Å². The van der Waals surface area contributed by atoms with E-state index in [9.17, 15) is 9.59 Å². The minimum atomic E-state index is -0.00462. The van der Waals surface area contributed by atoms with Crippen LogP contribution in [-0.4, -0.2) is 47.9 Å². The summed E-state index contributed by atoms with van der Waals surface area (Å²) in [6.07, 6.45) is 6.53. The normalized spacial score (nSPS) is 22.3. The molecule has 2 fully saturated rings.